The topological polar surface area (TPSA) is 57.7 Å². The molecule has 23 heavy (non-hydrogen) atoms. The zero-order chi connectivity index (χ0) is 16.4. The van der Waals surface area contributed by atoms with Gasteiger partial charge in [-0.05, 0) is 43.9 Å². The van der Waals surface area contributed by atoms with Gasteiger partial charge in [-0.25, -0.2) is 0 Å². The molecule has 0 radical (unpaired) electrons. The summed E-state index contributed by atoms with van der Waals surface area (Å²) in [6.45, 7) is 4.00. The van der Waals surface area contributed by atoms with E-state index in [1.165, 1.54) is 4.90 Å². The van der Waals surface area contributed by atoms with Crippen molar-refractivity contribution in [2.24, 2.45) is 0 Å². The number of unbranched alkanes of at least 4 members (excludes halogenated alkanes) is 1. The zero-order valence-electron chi connectivity index (χ0n) is 13.5. The van der Waals surface area contributed by atoms with Crippen molar-refractivity contribution in [1.82, 2.24) is 9.80 Å². The van der Waals surface area contributed by atoms with Gasteiger partial charge in [-0.15, -0.1) is 0 Å². The Morgan fingerprint density at radius 3 is 2.43 bits per heavy atom. The van der Waals surface area contributed by atoms with E-state index in [0.717, 1.165) is 45.2 Å². The first-order valence-corrected chi connectivity index (χ1v) is 8.43. The average molecular weight is 314 g/mol. The maximum atomic E-state index is 12.6. The predicted molar refractivity (Wildman–Crippen MR) is 86.5 cm³/mol. The number of hydrogen-bond acceptors (Lipinski definition) is 3. The molecule has 1 aromatic rings. The Hall–Kier alpha value is -2.17. The van der Waals surface area contributed by atoms with Crippen LogP contribution in [0.3, 0.4) is 0 Å². The third-order valence-electron chi connectivity index (χ3n) is 4.60. The van der Waals surface area contributed by atoms with Crippen LogP contribution in [-0.4, -0.2) is 47.2 Å². The summed E-state index contributed by atoms with van der Waals surface area (Å²) in [5, 5.41) is 0. The first kappa shape index (κ1) is 15.7. The molecule has 1 fully saturated rings. The minimum absolute atomic E-state index is 0.0419. The molecule has 0 bridgehead atoms. The molecule has 0 N–H and O–H groups in total. The monoisotopic (exact) mass is 314 g/mol. The van der Waals surface area contributed by atoms with E-state index in [2.05, 4.69) is 0 Å². The molecule has 0 saturated carbocycles. The van der Waals surface area contributed by atoms with Crippen molar-refractivity contribution in [3.8, 4) is 0 Å². The van der Waals surface area contributed by atoms with Gasteiger partial charge in [0.1, 0.15) is 0 Å². The van der Waals surface area contributed by atoms with Crippen LogP contribution in [0, 0.1) is 0 Å². The highest BCUT2D eigenvalue weighted by atomic mass is 16.2. The molecule has 2 aliphatic rings. The fraction of sp³-hybridized carbons (Fsp3) is 0.500. The van der Waals surface area contributed by atoms with Crippen LogP contribution in [0.15, 0.2) is 18.2 Å². The van der Waals surface area contributed by atoms with Gasteiger partial charge in [-0.3, -0.25) is 19.3 Å². The number of imide groups is 1. The lowest BCUT2D eigenvalue weighted by Gasteiger charge is -2.26. The summed E-state index contributed by atoms with van der Waals surface area (Å²) in [5.41, 5.74) is 1.29. The van der Waals surface area contributed by atoms with E-state index in [0.29, 0.717) is 23.2 Å². The van der Waals surface area contributed by atoms with Crippen molar-refractivity contribution in [2.45, 2.75) is 39.0 Å². The van der Waals surface area contributed by atoms with E-state index in [1.807, 2.05) is 11.8 Å². The minimum Gasteiger partial charge on any atom is -0.339 e. The fourth-order valence-corrected chi connectivity index (χ4v) is 3.22. The highest BCUT2D eigenvalue weighted by molar-refractivity contribution is 6.22. The van der Waals surface area contributed by atoms with E-state index >= 15 is 0 Å². The predicted octanol–water partition coefficient (Wildman–Crippen LogP) is 2.71. The molecule has 0 spiro atoms. The van der Waals surface area contributed by atoms with Crippen LogP contribution in [0.25, 0.3) is 0 Å². The molecule has 1 aromatic carbocycles. The second-order valence-corrected chi connectivity index (χ2v) is 6.23. The molecule has 122 valence electrons. The van der Waals surface area contributed by atoms with E-state index in [9.17, 15) is 14.4 Å². The third kappa shape index (κ3) is 2.87. The zero-order valence-corrected chi connectivity index (χ0v) is 13.5. The molecule has 0 atom stereocenters. The number of benzene rings is 1. The standard InChI is InChI=1S/C18H22N2O3/c1-2-3-11-20-17(22)14-8-7-13(12-15(14)18(20)23)16(21)19-9-5-4-6-10-19/h7-8,12H,2-6,9-11H2,1H3. The van der Waals surface area contributed by atoms with Crippen LogP contribution in [0.1, 0.15) is 70.1 Å². The molecular formula is C18H22N2O3. The first-order valence-electron chi connectivity index (χ1n) is 8.43. The SMILES string of the molecule is CCCCN1C(=O)c2ccc(C(=O)N3CCCCC3)cc2C1=O. The Kier molecular flexibility index (Phi) is 4.46. The van der Waals surface area contributed by atoms with Crippen LogP contribution in [-0.2, 0) is 0 Å². The van der Waals surface area contributed by atoms with Gasteiger partial charge >= 0.3 is 0 Å². The van der Waals surface area contributed by atoms with Gasteiger partial charge in [0.25, 0.3) is 17.7 Å². The number of hydrogen-bond donors (Lipinski definition) is 0. The van der Waals surface area contributed by atoms with Crippen molar-refractivity contribution in [2.75, 3.05) is 19.6 Å². The molecule has 1 saturated heterocycles. The summed E-state index contributed by atoms with van der Waals surface area (Å²) in [6, 6.07) is 4.89. The molecule has 3 rings (SSSR count). The summed E-state index contributed by atoms with van der Waals surface area (Å²) >= 11 is 0. The molecule has 2 heterocycles. The molecule has 3 amide bonds. The molecule has 0 aromatic heterocycles. The summed E-state index contributed by atoms with van der Waals surface area (Å²) in [6.07, 6.45) is 4.93. The summed E-state index contributed by atoms with van der Waals surface area (Å²) in [7, 11) is 0. The van der Waals surface area contributed by atoms with Crippen LogP contribution in [0.2, 0.25) is 0 Å². The lowest BCUT2D eigenvalue weighted by atomic mass is 10.0. The van der Waals surface area contributed by atoms with E-state index in [1.54, 1.807) is 18.2 Å². The summed E-state index contributed by atoms with van der Waals surface area (Å²) in [4.78, 5) is 40.4. The molecular weight excluding hydrogens is 292 g/mol. The van der Waals surface area contributed by atoms with Crippen molar-refractivity contribution < 1.29 is 14.4 Å². The molecule has 0 unspecified atom stereocenters. The van der Waals surface area contributed by atoms with Gasteiger partial charge in [0, 0.05) is 25.2 Å². The first-order chi connectivity index (χ1) is 11.1. The Morgan fingerprint density at radius 2 is 1.74 bits per heavy atom. The highest BCUT2D eigenvalue weighted by Crippen LogP contribution is 2.25. The van der Waals surface area contributed by atoms with Crippen LogP contribution in [0.5, 0.6) is 0 Å². The minimum atomic E-state index is -0.272. The number of piperidine rings is 1. The normalized spacial score (nSPS) is 17.6. The van der Waals surface area contributed by atoms with E-state index in [4.69, 9.17) is 0 Å². The van der Waals surface area contributed by atoms with Gasteiger partial charge in [-0.1, -0.05) is 13.3 Å². The maximum Gasteiger partial charge on any atom is 0.261 e. The number of likely N-dealkylation sites (tertiary alicyclic amines) is 1. The maximum absolute atomic E-state index is 12.6. The fourth-order valence-electron chi connectivity index (χ4n) is 3.22. The average Bonchev–Trinajstić information content (AvgIpc) is 2.83. The second-order valence-electron chi connectivity index (χ2n) is 6.23. The van der Waals surface area contributed by atoms with Crippen LogP contribution < -0.4 is 0 Å². The lowest BCUT2D eigenvalue weighted by molar-refractivity contribution is 0.0651. The Bertz CT molecular complexity index is 648. The van der Waals surface area contributed by atoms with Crippen molar-refractivity contribution in [3.05, 3.63) is 34.9 Å². The second kappa shape index (κ2) is 6.52. The smallest absolute Gasteiger partial charge is 0.261 e. The Labute approximate surface area is 136 Å². The van der Waals surface area contributed by atoms with Gasteiger partial charge in [0.2, 0.25) is 0 Å². The summed E-state index contributed by atoms with van der Waals surface area (Å²) in [5.74, 6) is -0.554. The van der Waals surface area contributed by atoms with Crippen LogP contribution in [0.4, 0.5) is 0 Å². The van der Waals surface area contributed by atoms with Gasteiger partial charge in [0.15, 0.2) is 0 Å². The number of amides is 3. The van der Waals surface area contributed by atoms with Crippen molar-refractivity contribution in [3.63, 3.8) is 0 Å². The molecule has 0 aliphatic carbocycles. The van der Waals surface area contributed by atoms with Gasteiger partial charge in [-0.2, -0.15) is 0 Å². The number of fused-ring (bicyclic) bond motifs is 1. The molecule has 5 nitrogen and oxygen atoms in total. The highest BCUT2D eigenvalue weighted by Gasteiger charge is 2.35. The summed E-state index contributed by atoms with van der Waals surface area (Å²) < 4.78 is 0. The third-order valence-corrected chi connectivity index (χ3v) is 4.60. The van der Waals surface area contributed by atoms with Gasteiger partial charge in [0.05, 0.1) is 11.1 Å². The molecule has 2 aliphatic heterocycles. The largest absolute Gasteiger partial charge is 0.339 e. The number of carbonyl (C=O) groups excluding carboxylic acids is 3. The number of nitrogens with zero attached hydrogens (tertiary/aromatic N) is 2. The van der Waals surface area contributed by atoms with Gasteiger partial charge < -0.3 is 4.90 Å². The van der Waals surface area contributed by atoms with E-state index in [-0.39, 0.29) is 17.7 Å². The molecule has 5 heteroatoms. The number of rotatable bonds is 4. The van der Waals surface area contributed by atoms with Crippen molar-refractivity contribution in [1.29, 1.82) is 0 Å². The van der Waals surface area contributed by atoms with Crippen molar-refractivity contribution >= 4 is 17.7 Å². The quantitative estimate of drug-likeness (QED) is 0.803. The van der Waals surface area contributed by atoms with Crippen LogP contribution >= 0.6 is 0 Å². The van der Waals surface area contributed by atoms with E-state index < -0.39 is 0 Å². The lowest BCUT2D eigenvalue weighted by Crippen LogP contribution is -2.35. The Balaban J connectivity index is 1.83. The number of carbonyl (C=O) groups is 3. The Morgan fingerprint density at radius 1 is 1.04 bits per heavy atom.